The average molecular weight is 379 g/mol. The van der Waals surface area contributed by atoms with Crippen LogP contribution in [-0.2, 0) is 11.0 Å². The third-order valence-electron chi connectivity index (χ3n) is 5.95. The lowest BCUT2D eigenvalue weighted by atomic mass is 9.57. The number of fused-ring (bicyclic) bond motifs is 1. The first kappa shape index (κ1) is 18.0. The SMILES string of the molecule is O=C(O)C1CCC2(CC1)CC(Nc1nc(C(F)(F)F)nc3ccccc13)C2. The molecule has 2 aliphatic rings. The summed E-state index contributed by atoms with van der Waals surface area (Å²) >= 11 is 0. The molecular formula is C19H20F3N3O2. The molecule has 0 amide bonds. The molecule has 1 aromatic heterocycles. The van der Waals surface area contributed by atoms with Crippen molar-refractivity contribution in [2.75, 3.05) is 5.32 Å². The molecule has 1 heterocycles. The molecule has 2 fully saturated rings. The molecule has 2 aliphatic carbocycles. The van der Waals surface area contributed by atoms with E-state index in [0.29, 0.717) is 18.2 Å². The Kier molecular flexibility index (Phi) is 4.24. The Bertz CT molecular complexity index is 868. The van der Waals surface area contributed by atoms with E-state index in [4.69, 9.17) is 5.11 Å². The Labute approximate surface area is 154 Å². The Morgan fingerprint density at radius 3 is 2.44 bits per heavy atom. The van der Waals surface area contributed by atoms with Gasteiger partial charge in [0.25, 0.3) is 0 Å². The number of rotatable bonds is 3. The van der Waals surface area contributed by atoms with Gasteiger partial charge in [0.2, 0.25) is 5.82 Å². The van der Waals surface area contributed by atoms with Crippen LogP contribution in [0.1, 0.15) is 44.3 Å². The van der Waals surface area contributed by atoms with E-state index in [1.54, 1.807) is 24.3 Å². The molecular weight excluding hydrogens is 359 g/mol. The number of aliphatic carboxylic acids is 1. The van der Waals surface area contributed by atoms with Gasteiger partial charge in [-0.05, 0) is 56.1 Å². The number of hydrogen-bond acceptors (Lipinski definition) is 4. The normalized spacial score (nSPS) is 28.1. The number of carbonyl (C=O) groups is 1. The van der Waals surface area contributed by atoms with Crippen LogP contribution < -0.4 is 5.32 Å². The molecule has 144 valence electrons. The fourth-order valence-corrected chi connectivity index (χ4v) is 4.48. The zero-order chi connectivity index (χ0) is 19.2. The van der Waals surface area contributed by atoms with Crippen molar-refractivity contribution in [3.05, 3.63) is 30.1 Å². The highest BCUT2D eigenvalue weighted by molar-refractivity contribution is 5.89. The molecule has 0 bridgehead atoms. The summed E-state index contributed by atoms with van der Waals surface area (Å²) < 4.78 is 39.3. The number of hydrogen-bond donors (Lipinski definition) is 2. The van der Waals surface area contributed by atoms with Gasteiger partial charge in [0.15, 0.2) is 0 Å². The summed E-state index contributed by atoms with van der Waals surface area (Å²) in [6.07, 6.45) is 0.142. The third-order valence-corrected chi connectivity index (χ3v) is 5.95. The van der Waals surface area contributed by atoms with E-state index in [1.807, 2.05) is 0 Å². The number of nitrogens with one attached hydrogen (secondary N) is 1. The molecule has 2 saturated carbocycles. The van der Waals surface area contributed by atoms with Crippen LogP contribution >= 0.6 is 0 Å². The van der Waals surface area contributed by atoms with Crippen molar-refractivity contribution in [2.24, 2.45) is 11.3 Å². The van der Waals surface area contributed by atoms with E-state index in [9.17, 15) is 18.0 Å². The Morgan fingerprint density at radius 2 is 1.81 bits per heavy atom. The number of nitrogens with zero attached hydrogens (tertiary/aromatic N) is 2. The van der Waals surface area contributed by atoms with Crippen molar-refractivity contribution in [1.82, 2.24) is 9.97 Å². The number of carboxylic acid groups (broad SMARTS) is 1. The Morgan fingerprint density at radius 1 is 1.15 bits per heavy atom. The standard InChI is InChI=1S/C19H20F3N3O2/c20-19(21,22)17-24-14-4-2-1-3-13(14)15(25-17)23-12-9-18(10-12)7-5-11(6-8-18)16(26)27/h1-4,11-12H,5-10H2,(H,26,27)(H,23,24,25). The number of alkyl halides is 3. The number of carboxylic acids is 1. The monoisotopic (exact) mass is 379 g/mol. The maximum Gasteiger partial charge on any atom is 0.451 e. The van der Waals surface area contributed by atoms with Crippen LogP contribution in [0.2, 0.25) is 0 Å². The maximum atomic E-state index is 13.1. The minimum atomic E-state index is -4.60. The first-order valence-corrected chi connectivity index (χ1v) is 9.09. The molecule has 0 saturated heterocycles. The van der Waals surface area contributed by atoms with Crippen LogP contribution in [0, 0.1) is 11.3 Å². The molecule has 2 aromatic rings. The van der Waals surface area contributed by atoms with Crippen LogP contribution in [-0.4, -0.2) is 27.1 Å². The van der Waals surface area contributed by atoms with Gasteiger partial charge in [-0.1, -0.05) is 12.1 Å². The van der Waals surface area contributed by atoms with Crippen molar-refractivity contribution in [2.45, 2.75) is 50.7 Å². The van der Waals surface area contributed by atoms with Crippen molar-refractivity contribution in [3.63, 3.8) is 0 Å². The van der Waals surface area contributed by atoms with Crippen molar-refractivity contribution < 1.29 is 23.1 Å². The molecule has 5 nitrogen and oxygen atoms in total. The zero-order valence-corrected chi connectivity index (χ0v) is 14.6. The quantitative estimate of drug-likeness (QED) is 0.822. The molecule has 4 rings (SSSR count). The number of anilines is 1. The number of aromatic nitrogens is 2. The number of halogens is 3. The Hall–Kier alpha value is -2.38. The first-order valence-electron chi connectivity index (χ1n) is 9.09. The Balaban J connectivity index is 1.50. The molecule has 1 spiro atoms. The van der Waals surface area contributed by atoms with Gasteiger partial charge in [0.1, 0.15) is 5.82 Å². The second kappa shape index (κ2) is 6.35. The predicted molar refractivity (Wildman–Crippen MR) is 93.2 cm³/mol. The summed E-state index contributed by atoms with van der Waals surface area (Å²) in [7, 11) is 0. The van der Waals surface area contributed by atoms with E-state index in [0.717, 1.165) is 25.7 Å². The maximum absolute atomic E-state index is 13.1. The highest BCUT2D eigenvalue weighted by Gasteiger charge is 2.47. The van der Waals surface area contributed by atoms with Crippen molar-refractivity contribution in [3.8, 4) is 0 Å². The topological polar surface area (TPSA) is 75.1 Å². The van der Waals surface area contributed by atoms with Crippen LogP contribution in [0.3, 0.4) is 0 Å². The molecule has 27 heavy (non-hydrogen) atoms. The molecule has 1 aromatic carbocycles. The largest absolute Gasteiger partial charge is 0.481 e. The van der Waals surface area contributed by atoms with E-state index >= 15 is 0 Å². The highest BCUT2D eigenvalue weighted by atomic mass is 19.4. The third kappa shape index (κ3) is 3.44. The highest BCUT2D eigenvalue weighted by Crippen LogP contribution is 2.53. The smallest absolute Gasteiger partial charge is 0.451 e. The number of para-hydroxylation sites is 1. The van der Waals surface area contributed by atoms with E-state index < -0.39 is 18.0 Å². The van der Waals surface area contributed by atoms with E-state index in [2.05, 4.69) is 15.3 Å². The van der Waals surface area contributed by atoms with Crippen molar-refractivity contribution in [1.29, 1.82) is 0 Å². The van der Waals surface area contributed by atoms with Gasteiger partial charge in [0.05, 0.1) is 11.4 Å². The fraction of sp³-hybridized carbons (Fsp3) is 0.526. The van der Waals surface area contributed by atoms with Crippen LogP contribution in [0.15, 0.2) is 24.3 Å². The average Bonchev–Trinajstić information content (AvgIpc) is 2.60. The lowest BCUT2D eigenvalue weighted by molar-refractivity contribution is -0.145. The van der Waals surface area contributed by atoms with Gasteiger partial charge in [-0.2, -0.15) is 13.2 Å². The molecule has 0 radical (unpaired) electrons. The fourth-order valence-electron chi connectivity index (χ4n) is 4.48. The second-order valence-corrected chi connectivity index (χ2v) is 7.77. The van der Waals surface area contributed by atoms with Crippen molar-refractivity contribution >= 4 is 22.7 Å². The van der Waals surface area contributed by atoms with Gasteiger partial charge in [-0.15, -0.1) is 0 Å². The van der Waals surface area contributed by atoms with Gasteiger partial charge in [-0.3, -0.25) is 4.79 Å². The minimum Gasteiger partial charge on any atom is -0.481 e. The molecule has 0 aliphatic heterocycles. The second-order valence-electron chi connectivity index (χ2n) is 7.77. The lowest BCUT2D eigenvalue weighted by Crippen LogP contribution is -2.47. The molecule has 8 heteroatoms. The van der Waals surface area contributed by atoms with Gasteiger partial charge < -0.3 is 10.4 Å². The van der Waals surface area contributed by atoms with Gasteiger partial charge in [0, 0.05) is 11.4 Å². The van der Waals surface area contributed by atoms with E-state index in [-0.39, 0.29) is 28.7 Å². The predicted octanol–water partition coefficient (Wildman–Crippen LogP) is 4.48. The van der Waals surface area contributed by atoms with Crippen LogP contribution in [0.25, 0.3) is 10.9 Å². The zero-order valence-electron chi connectivity index (χ0n) is 14.6. The summed E-state index contributed by atoms with van der Waals surface area (Å²) in [5.41, 5.74) is 0.387. The summed E-state index contributed by atoms with van der Waals surface area (Å²) in [5, 5.41) is 12.9. The van der Waals surface area contributed by atoms with Crippen LogP contribution in [0.5, 0.6) is 0 Å². The molecule has 0 unspecified atom stereocenters. The van der Waals surface area contributed by atoms with Gasteiger partial charge >= 0.3 is 12.1 Å². The number of benzene rings is 1. The van der Waals surface area contributed by atoms with E-state index in [1.165, 1.54) is 0 Å². The lowest BCUT2D eigenvalue weighted by Gasteiger charge is -2.51. The van der Waals surface area contributed by atoms with Gasteiger partial charge in [-0.25, -0.2) is 9.97 Å². The minimum absolute atomic E-state index is 0.0470. The summed E-state index contributed by atoms with van der Waals surface area (Å²) in [5.74, 6) is -1.92. The molecule has 2 N–H and O–H groups in total. The first-order chi connectivity index (χ1) is 12.8. The summed E-state index contributed by atoms with van der Waals surface area (Å²) in [6, 6.07) is 6.71. The van der Waals surface area contributed by atoms with Crippen LogP contribution in [0.4, 0.5) is 19.0 Å². The summed E-state index contributed by atoms with van der Waals surface area (Å²) in [4.78, 5) is 18.5. The summed E-state index contributed by atoms with van der Waals surface area (Å²) in [6.45, 7) is 0. The molecule has 0 atom stereocenters.